The summed E-state index contributed by atoms with van der Waals surface area (Å²) < 4.78 is 17.8. The zero-order chi connectivity index (χ0) is 35.9. The topological polar surface area (TPSA) is 117 Å². The first-order chi connectivity index (χ1) is 26.0. The lowest BCUT2D eigenvalue weighted by atomic mass is 10.0. The summed E-state index contributed by atoms with van der Waals surface area (Å²) in [5, 5.41) is 7.47. The maximum atomic E-state index is 14.1. The Balaban J connectivity index is 0.819. The molecule has 7 heterocycles. The first-order valence-electron chi connectivity index (χ1n) is 18.6. The number of amides is 2. The van der Waals surface area contributed by atoms with E-state index in [4.69, 9.17) is 10.1 Å². The molecule has 0 radical (unpaired) electrons. The van der Waals surface area contributed by atoms with E-state index in [0.29, 0.717) is 12.8 Å². The average Bonchev–Trinajstić information content (AvgIpc) is 3.94. The van der Waals surface area contributed by atoms with E-state index in [1.165, 1.54) is 11.6 Å². The van der Waals surface area contributed by atoms with Crippen molar-refractivity contribution >= 4 is 40.1 Å². The molecule has 3 saturated heterocycles. The van der Waals surface area contributed by atoms with Crippen LogP contribution < -0.4 is 15.1 Å². The molecule has 12 nitrogen and oxygen atoms in total. The third-order valence-corrected chi connectivity index (χ3v) is 10.9. The van der Waals surface area contributed by atoms with E-state index >= 15 is 0 Å². The van der Waals surface area contributed by atoms with E-state index in [1.54, 1.807) is 18.5 Å². The average molecular weight is 713 g/mol. The highest BCUT2D eigenvalue weighted by Gasteiger charge is 2.30. The van der Waals surface area contributed by atoms with Crippen LogP contribution in [-0.2, 0) is 16.0 Å². The first kappa shape index (κ1) is 33.2. The second kappa shape index (κ2) is 14.0. The van der Waals surface area contributed by atoms with Gasteiger partial charge in [0.2, 0.25) is 11.8 Å². The SMILES string of the molecule is O=C1CCC(n2cnc3cc(CCCN4CCN(c5cccc(-c6cnc7ccc(N8CCC[C@@H]8c8cccc(F)c8)nn67)n5)CC4)ccc32)C(=O)N1. The van der Waals surface area contributed by atoms with Gasteiger partial charge in [0.15, 0.2) is 5.65 Å². The predicted octanol–water partition coefficient (Wildman–Crippen LogP) is 5.35. The van der Waals surface area contributed by atoms with Gasteiger partial charge in [-0.1, -0.05) is 24.3 Å². The van der Waals surface area contributed by atoms with Gasteiger partial charge in [-0.15, -0.1) is 5.10 Å². The number of piperidine rings is 1. The van der Waals surface area contributed by atoms with Crippen molar-refractivity contribution in [2.24, 2.45) is 0 Å². The van der Waals surface area contributed by atoms with Gasteiger partial charge in [0.1, 0.15) is 29.2 Å². The number of nitrogens with zero attached hydrogens (tertiary/aromatic N) is 9. The second-order valence-corrected chi connectivity index (χ2v) is 14.3. The summed E-state index contributed by atoms with van der Waals surface area (Å²) in [4.78, 5) is 45.4. The summed E-state index contributed by atoms with van der Waals surface area (Å²) in [6.45, 7) is 5.59. The number of carbonyl (C=O) groups is 2. The predicted molar refractivity (Wildman–Crippen MR) is 200 cm³/mol. The molecule has 0 saturated carbocycles. The van der Waals surface area contributed by atoms with Crippen molar-refractivity contribution in [3.8, 4) is 11.4 Å². The number of nitrogens with one attached hydrogen (secondary N) is 1. The highest BCUT2D eigenvalue weighted by Crippen LogP contribution is 2.36. The molecule has 1 N–H and O–H groups in total. The molecule has 0 spiro atoms. The number of piperazine rings is 1. The Morgan fingerprint density at radius 2 is 1.74 bits per heavy atom. The van der Waals surface area contributed by atoms with Gasteiger partial charge in [-0.2, -0.15) is 0 Å². The zero-order valence-electron chi connectivity index (χ0n) is 29.4. The lowest BCUT2D eigenvalue weighted by molar-refractivity contribution is -0.135. The molecule has 2 amide bonds. The number of aryl methyl sites for hydroxylation is 1. The van der Waals surface area contributed by atoms with Crippen LogP contribution >= 0.6 is 0 Å². The fourth-order valence-corrected chi connectivity index (χ4v) is 8.17. The van der Waals surface area contributed by atoms with Crippen LogP contribution in [0, 0.1) is 5.82 Å². The molecule has 3 aliphatic heterocycles. The van der Waals surface area contributed by atoms with Crippen LogP contribution in [0.2, 0.25) is 0 Å². The van der Waals surface area contributed by atoms with Gasteiger partial charge >= 0.3 is 0 Å². The second-order valence-electron chi connectivity index (χ2n) is 14.3. The highest BCUT2D eigenvalue weighted by molar-refractivity contribution is 6.00. The number of aromatic nitrogens is 6. The summed E-state index contributed by atoms with van der Waals surface area (Å²) in [5.74, 6) is 1.10. The van der Waals surface area contributed by atoms with Crippen molar-refractivity contribution in [2.45, 2.75) is 50.6 Å². The third kappa shape index (κ3) is 6.61. The Morgan fingerprint density at radius 1 is 0.849 bits per heavy atom. The Bertz CT molecular complexity index is 2310. The Hall–Kier alpha value is -5.69. The van der Waals surface area contributed by atoms with Crippen molar-refractivity contribution < 1.29 is 14.0 Å². The monoisotopic (exact) mass is 712 g/mol. The van der Waals surface area contributed by atoms with E-state index in [1.807, 2.05) is 45.6 Å². The van der Waals surface area contributed by atoms with Crippen LogP contribution in [0.1, 0.15) is 55.3 Å². The molecule has 4 aromatic heterocycles. The molecule has 6 aromatic rings. The smallest absolute Gasteiger partial charge is 0.249 e. The maximum Gasteiger partial charge on any atom is 0.249 e. The lowest BCUT2D eigenvalue weighted by Crippen LogP contribution is -2.47. The van der Waals surface area contributed by atoms with Gasteiger partial charge in [0.25, 0.3) is 0 Å². The zero-order valence-corrected chi connectivity index (χ0v) is 29.4. The van der Waals surface area contributed by atoms with E-state index in [9.17, 15) is 14.0 Å². The van der Waals surface area contributed by atoms with Crippen LogP contribution in [0.4, 0.5) is 16.0 Å². The Morgan fingerprint density at radius 3 is 2.60 bits per heavy atom. The van der Waals surface area contributed by atoms with Gasteiger partial charge in [-0.05, 0) is 98.3 Å². The van der Waals surface area contributed by atoms with Gasteiger partial charge in [0.05, 0.1) is 35.3 Å². The number of carbonyl (C=O) groups excluding carboxylic acids is 2. The van der Waals surface area contributed by atoms with E-state index < -0.39 is 6.04 Å². The summed E-state index contributed by atoms with van der Waals surface area (Å²) in [6, 6.07) is 23.0. The molecule has 0 aliphatic carbocycles. The molecule has 2 atom stereocenters. The van der Waals surface area contributed by atoms with Crippen molar-refractivity contribution in [2.75, 3.05) is 49.1 Å². The van der Waals surface area contributed by atoms with Crippen molar-refractivity contribution in [1.29, 1.82) is 0 Å². The molecule has 3 fully saturated rings. The minimum absolute atomic E-state index is 0.0800. The molecule has 13 heteroatoms. The molecule has 270 valence electrons. The number of hydrogen-bond acceptors (Lipinski definition) is 9. The minimum atomic E-state index is -0.403. The number of fused-ring (bicyclic) bond motifs is 2. The van der Waals surface area contributed by atoms with E-state index in [2.05, 4.69) is 54.2 Å². The number of anilines is 2. The molecule has 3 aliphatic rings. The third-order valence-electron chi connectivity index (χ3n) is 10.9. The van der Waals surface area contributed by atoms with Gasteiger partial charge < -0.3 is 14.4 Å². The van der Waals surface area contributed by atoms with Crippen LogP contribution in [0.15, 0.2) is 85.3 Å². The summed E-state index contributed by atoms with van der Waals surface area (Å²) in [7, 11) is 0. The highest BCUT2D eigenvalue weighted by atomic mass is 19.1. The number of hydrogen-bond donors (Lipinski definition) is 1. The largest absolute Gasteiger partial charge is 0.354 e. The fourth-order valence-electron chi connectivity index (χ4n) is 8.17. The number of pyridine rings is 1. The van der Waals surface area contributed by atoms with Crippen molar-refractivity contribution in [1.82, 2.24) is 39.3 Å². The normalized spacial score (nSPS) is 19.8. The Kier molecular flexibility index (Phi) is 8.78. The first-order valence-corrected chi connectivity index (χ1v) is 18.6. The number of halogens is 1. The lowest BCUT2D eigenvalue weighted by Gasteiger charge is -2.35. The molecule has 0 bridgehead atoms. The van der Waals surface area contributed by atoms with Crippen molar-refractivity contribution in [3.63, 3.8) is 0 Å². The molecular formula is C40H41FN10O2. The molecule has 9 rings (SSSR count). The van der Waals surface area contributed by atoms with Crippen LogP contribution in [0.25, 0.3) is 28.1 Å². The molecular weight excluding hydrogens is 672 g/mol. The number of imide groups is 1. The van der Waals surface area contributed by atoms with E-state index in [0.717, 1.165) is 110 Å². The van der Waals surface area contributed by atoms with Crippen LogP contribution in [0.3, 0.4) is 0 Å². The van der Waals surface area contributed by atoms with Crippen LogP contribution in [0.5, 0.6) is 0 Å². The standard InChI is InChI=1S/C40H41FN10O2/c41-29-7-1-6-28(24-29)32-9-4-18-49(32)38-15-14-36-42-25-35(51(36)46-38)30-8-2-10-37(44-30)48-21-19-47(20-22-48)17-3-5-27-11-12-33-31(23-27)43-26-50(33)34-13-16-39(52)45-40(34)53/h1-2,6-8,10-12,14-15,23-26,32,34H,3-5,9,13,16-22H2,(H,45,52,53)/t32-,34?/m1/s1. The molecule has 1 unspecified atom stereocenters. The summed E-state index contributed by atoms with van der Waals surface area (Å²) in [6.07, 6.45) is 8.35. The molecule has 2 aromatic carbocycles. The number of benzene rings is 2. The Labute approximate surface area is 306 Å². The van der Waals surface area contributed by atoms with Gasteiger partial charge in [0, 0.05) is 39.1 Å². The number of rotatable bonds is 9. The van der Waals surface area contributed by atoms with Crippen LogP contribution in [-0.4, -0.2) is 85.1 Å². The van der Waals surface area contributed by atoms with Gasteiger partial charge in [-0.3, -0.25) is 19.8 Å². The van der Waals surface area contributed by atoms with Crippen molar-refractivity contribution in [3.05, 3.63) is 102 Å². The van der Waals surface area contributed by atoms with E-state index in [-0.39, 0.29) is 23.7 Å². The quantitative estimate of drug-likeness (QED) is 0.198. The summed E-state index contributed by atoms with van der Waals surface area (Å²) in [5.41, 5.74) is 6.41. The number of imidazole rings is 2. The summed E-state index contributed by atoms with van der Waals surface area (Å²) >= 11 is 0. The molecule has 53 heavy (non-hydrogen) atoms. The van der Waals surface area contributed by atoms with Gasteiger partial charge in [-0.25, -0.2) is 23.9 Å². The maximum absolute atomic E-state index is 14.1. The fraction of sp³-hybridized carbons (Fsp3) is 0.350. The minimum Gasteiger partial charge on any atom is -0.354 e.